The minimum atomic E-state index is -0.107. The van der Waals surface area contributed by atoms with E-state index in [1.807, 2.05) is 11.1 Å². The Morgan fingerprint density at radius 3 is 2.48 bits per heavy atom. The first-order valence-corrected chi connectivity index (χ1v) is 13.6. The van der Waals surface area contributed by atoms with Crippen molar-refractivity contribution in [1.82, 2.24) is 0 Å². The first kappa shape index (κ1) is 23.6. The Morgan fingerprint density at radius 2 is 1.81 bits per heavy atom. The highest BCUT2D eigenvalue weighted by atomic mass is 16.3. The van der Waals surface area contributed by atoms with Crippen molar-refractivity contribution in [2.24, 2.45) is 39.9 Å². The van der Waals surface area contributed by atoms with Crippen molar-refractivity contribution in [2.75, 3.05) is 0 Å². The molecular weight excluding hydrogens is 376 g/mol. The molecule has 0 aromatic rings. The lowest BCUT2D eigenvalue weighted by atomic mass is 9.45. The second-order valence-corrected chi connectivity index (χ2v) is 13.0. The van der Waals surface area contributed by atoms with E-state index in [-0.39, 0.29) is 11.5 Å². The van der Waals surface area contributed by atoms with E-state index < -0.39 is 0 Å². The molecule has 2 fully saturated rings. The Hall–Kier alpha value is -0.560. The first-order chi connectivity index (χ1) is 14.6. The van der Waals surface area contributed by atoms with Gasteiger partial charge in [0, 0.05) is 0 Å². The maximum absolute atomic E-state index is 10.9. The summed E-state index contributed by atoms with van der Waals surface area (Å²) < 4.78 is 0. The lowest BCUT2D eigenvalue weighted by Gasteiger charge is -2.60. The van der Waals surface area contributed by atoms with Gasteiger partial charge in [-0.15, -0.1) is 0 Å². The predicted molar refractivity (Wildman–Crippen MR) is 133 cm³/mol. The van der Waals surface area contributed by atoms with Gasteiger partial charge in [-0.3, -0.25) is 0 Å². The molecule has 0 bridgehead atoms. The Morgan fingerprint density at radius 1 is 1.06 bits per heavy atom. The van der Waals surface area contributed by atoms with Crippen molar-refractivity contribution in [3.8, 4) is 0 Å². The van der Waals surface area contributed by atoms with Gasteiger partial charge in [0.15, 0.2) is 0 Å². The molecule has 0 spiro atoms. The summed E-state index contributed by atoms with van der Waals surface area (Å²) >= 11 is 0. The molecule has 0 heterocycles. The Bertz CT molecular complexity index is 742. The number of hydrogen-bond acceptors (Lipinski definition) is 1. The lowest BCUT2D eigenvalue weighted by Crippen LogP contribution is -2.54. The van der Waals surface area contributed by atoms with Crippen LogP contribution in [-0.2, 0) is 0 Å². The number of aliphatic hydroxyl groups is 1. The zero-order chi connectivity index (χ0) is 22.6. The van der Waals surface area contributed by atoms with Crippen LogP contribution in [-0.4, -0.2) is 11.2 Å². The molecule has 0 amide bonds. The van der Waals surface area contributed by atoms with Crippen LogP contribution in [0.2, 0.25) is 0 Å². The monoisotopic (exact) mass is 426 g/mol. The second kappa shape index (κ2) is 8.34. The molecule has 1 unspecified atom stereocenters. The van der Waals surface area contributed by atoms with E-state index in [1.165, 1.54) is 63.4 Å². The van der Waals surface area contributed by atoms with Gasteiger partial charge in [0.25, 0.3) is 0 Å². The highest BCUT2D eigenvalue weighted by Gasteiger charge is 2.59. The molecule has 31 heavy (non-hydrogen) atoms. The summed E-state index contributed by atoms with van der Waals surface area (Å²) in [6.07, 6.45) is 16.5. The number of hydrogen-bond donors (Lipinski definition) is 1. The van der Waals surface area contributed by atoms with E-state index in [4.69, 9.17) is 0 Å². The van der Waals surface area contributed by atoms with E-state index >= 15 is 0 Å². The van der Waals surface area contributed by atoms with Gasteiger partial charge >= 0.3 is 0 Å². The third-order valence-electron chi connectivity index (χ3n) is 11.4. The topological polar surface area (TPSA) is 20.2 Å². The standard InChI is InChI=1S/C30H50O/c1-8-28(5)26-15-12-22-24-14-13-23(21(4)11-9-10-20(2)3)29(24,6)18-16-25(22)30(26,7)19-17-27(28)31/h10,21,23-24,26-27,31H,8-9,11-19H2,1-7H3/t21-,23-,24+,26?,27+,28-,29-,30-/m1/s1. The van der Waals surface area contributed by atoms with Crippen LogP contribution < -0.4 is 0 Å². The third-order valence-corrected chi connectivity index (χ3v) is 11.4. The molecule has 0 aliphatic heterocycles. The summed E-state index contributed by atoms with van der Waals surface area (Å²) in [6, 6.07) is 0. The lowest BCUT2D eigenvalue weighted by molar-refractivity contribution is -0.105. The Balaban J connectivity index is 1.60. The van der Waals surface area contributed by atoms with Gasteiger partial charge in [-0.25, -0.2) is 0 Å². The maximum atomic E-state index is 10.9. The number of allylic oxidation sites excluding steroid dienone is 4. The molecule has 4 rings (SSSR count). The van der Waals surface area contributed by atoms with E-state index in [0.717, 1.165) is 30.6 Å². The van der Waals surface area contributed by atoms with Gasteiger partial charge in [-0.05, 0) is 124 Å². The van der Waals surface area contributed by atoms with Crippen LogP contribution in [0.1, 0.15) is 119 Å². The summed E-state index contributed by atoms with van der Waals surface area (Å²) in [7, 11) is 0. The minimum absolute atomic E-state index is 0.101. The SMILES string of the molecule is CC[C@]1(C)C2CCC3=C(CC[C@]4(C)[C@@H]([C@H](C)CCC=C(C)C)CC[C@@H]34)[C@@]2(C)CC[C@@H]1O. The van der Waals surface area contributed by atoms with Crippen molar-refractivity contribution >= 4 is 0 Å². The van der Waals surface area contributed by atoms with Crippen LogP contribution in [0, 0.1) is 39.9 Å². The predicted octanol–water partition coefficient (Wildman–Crippen LogP) is 8.48. The fourth-order valence-corrected chi connectivity index (χ4v) is 9.40. The highest BCUT2D eigenvalue weighted by Crippen LogP contribution is 2.68. The smallest absolute Gasteiger partial charge is 0.0597 e. The number of fused-ring (bicyclic) bond motifs is 4. The van der Waals surface area contributed by atoms with Crippen LogP contribution in [0.3, 0.4) is 0 Å². The van der Waals surface area contributed by atoms with Crippen molar-refractivity contribution in [3.63, 3.8) is 0 Å². The molecule has 1 heteroatoms. The van der Waals surface area contributed by atoms with Crippen molar-refractivity contribution < 1.29 is 5.11 Å². The molecule has 1 N–H and O–H groups in total. The molecule has 0 aromatic carbocycles. The van der Waals surface area contributed by atoms with Crippen molar-refractivity contribution in [3.05, 3.63) is 22.8 Å². The molecule has 0 radical (unpaired) electrons. The fraction of sp³-hybridized carbons (Fsp3) is 0.867. The summed E-state index contributed by atoms with van der Waals surface area (Å²) in [5, 5.41) is 10.9. The molecule has 0 aromatic heterocycles. The van der Waals surface area contributed by atoms with Crippen LogP contribution >= 0.6 is 0 Å². The summed E-state index contributed by atoms with van der Waals surface area (Å²) in [5.41, 5.74) is 6.21. The van der Waals surface area contributed by atoms with Crippen LogP contribution in [0.15, 0.2) is 22.8 Å². The number of aliphatic hydroxyl groups excluding tert-OH is 1. The molecule has 1 nitrogen and oxygen atoms in total. The van der Waals surface area contributed by atoms with Crippen LogP contribution in [0.4, 0.5) is 0 Å². The fourth-order valence-electron chi connectivity index (χ4n) is 9.40. The van der Waals surface area contributed by atoms with Gasteiger partial charge in [0.05, 0.1) is 6.10 Å². The number of rotatable bonds is 5. The summed E-state index contributed by atoms with van der Waals surface area (Å²) in [5.74, 6) is 3.24. The van der Waals surface area contributed by atoms with E-state index in [2.05, 4.69) is 54.5 Å². The maximum Gasteiger partial charge on any atom is 0.0597 e. The molecule has 2 saturated carbocycles. The summed E-state index contributed by atoms with van der Waals surface area (Å²) in [6.45, 7) is 17.0. The minimum Gasteiger partial charge on any atom is -0.393 e. The first-order valence-electron chi connectivity index (χ1n) is 13.6. The third kappa shape index (κ3) is 3.60. The van der Waals surface area contributed by atoms with Gasteiger partial charge in [0.2, 0.25) is 0 Å². The van der Waals surface area contributed by atoms with E-state index in [9.17, 15) is 5.11 Å². The van der Waals surface area contributed by atoms with Gasteiger partial charge in [-0.1, -0.05) is 57.4 Å². The van der Waals surface area contributed by atoms with Gasteiger partial charge in [-0.2, -0.15) is 0 Å². The average Bonchev–Trinajstić information content (AvgIpc) is 3.08. The summed E-state index contributed by atoms with van der Waals surface area (Å²) in [4.78, 5) is 0. The molecule has 0 saturated heterocycles. The Kier molecular flexibility index (Phi) is 6.35. The average molecular weight is 427 g/mol. The van der Waals surface area contributed by atoms with Gasteiger partial charge in [0.1, 0.15) is 0 Å². The van der Waals surface area contributed by atoms with Crippen LogP contribution in [0.5, 0.6) is 0 Å². The van der Waals surface area contributed by atoms with Gasteiger partial charge < -0.3 is 5.11 Å². The molecule has 4 aliphatic rings. The van der Waals surface area contributed by atoms with Crippen molar-refractivity contribution in [1.29, 1.82) is 0 Å². The van der Waals surface area contributed by atoms with E-state index in [1.54, 1.807) is 0 Å². The second-order valence-electron chi connectivity index (χ2n) is 13.0. The quantitative estimate of drug-likeness (QED) is 0.437. The van der Waals surface area contributed by atoms with Crippen molar-refractivity contribution in [2.45, 2.75) is 125 Å². The molecule has 4 aliphatic carbocycles. The Labute approximate surface area is 193 Å². The molecule has 8 atom stereocenters. The highest BCUT2D eigenvalue weighted by molar-refractivity contribution is 5.35. The molecule has 176 valence electrons. The van der Waals surface area contributed by atoms with E-state index in [0.29, 0.717) is 16.7 Å². The normalized spacial score (nSPS) is 45.5. The largest absolute Gasteiger partial charge is 0.393 e. The zero-order valence-corrected chi connectivity index (χ0v) is 21.7. The molecular formula is C30H50O. The van der Waals surface area contributed by atoms with Crippen LogP contribution in [0.25, 0.3) is 0 Å². The zero-order valence-electron chi connectivity index (χ0n) is 21.7.